The number of pyridine rings is 1. The van der Waals surface area contributed by atoms with Crippen LogP contribution in [0.1, 0.15) is 31.1 Å². The van der Waals surface area contributed by atoms with Crippen LogP contribution < -0.4 is 5.32 Å². The molecule has 2 aromatic heterocycles. The van der Waals surface area contributed by atoms with E-state index in [1.807, 2.05) is 17.0 Å². The Morgan fingerprint density at radius 3 is 2.73 bits per heavy atom. The molecule has 2 aromatic rings. The summed E-state index contributed by atoms with van der Waals surface area (Å²) in [7, 11) is 0. The van der Waals surface area contributed by atoms with E-state index < -0.39 is 0 Å². The summed E-state index contributed by atoms with van der Waals surface area (Å²) < 4.78 is 4.93. The molecule has 7 nitrogen and oxygen atoms in total. The van der Waals surface area contributed by atoms with Crippen LogP contribution in [-0.2, 0) is 16.1 Å². The highest BCUT2D eigenvalue weighted by Crippen LogP contribution is 2.29. The normalized spacial score (nSPS) is 14.7. The molecule has 1 atom stereocenters. The Balaban J connectivity index is 1.50. The highest BCUT2D eigenvalue weighted by atomic mass is 32.2. The second-order valence-corrected chi connectivity index (χ2v) is 7.70. The van der Waals surface area contributed by atoms with Gasteiger partial charge in [-0.05, 0) is 44.4 Å². The maximum atomic E-state index is 12.6. The van der Waals surface area contributed by atoms with Crippen molar-refractivity contribution in [2.45, 2.75) is 44.5 Å². The SMILES string of the molecule is Cc1cc(NC(=O)[C@H](C)SCC(=O)N(Cc2ccncc2)C2CC2)no1. The van der Waals surface area contributed by atoms with E-state index in [0.29, 0.717) is 24.2 Å². The lowest BCUT2D eigenvalue weighted by Gasteiger charge is -2.23. The maximum Gasteiger partial charge on any atom is 0.238 e. The number of carbonyl (C=O) groups is 2. The molecule has 2 amide bonds. The lowest BCUT2D eigenvalue weighted by atomic mass is 10.2. The molecule has 0 spiro atoms. The molecule has 0 aliphatic heterocycles. The van der Waals surface area contributed by atoms with Crippen molar-refractivity contribution in [3.05, 3.63) is 41.9 Å². The Bertz CT molecular complexity index is 761. The molecule has 0 aromatic carbocycles. The van der Waals surface area contributed by atoms with Crippen LogP contribution in [0, 0.1) is 6.92 Å². The van der Waals surface area contributed by atoms with Gasteiger partial charge in [-0.1, -0.05) is 5.16 Å². The average Bonchev–Trinajstić information content (AvgIpc) is 3.40. The summed E-state index contributed by atoms with van der Waals surface area (Å²) >= 11 is 1.33. The molecule has 3 rings (SSSR count). The zero-order chi connectivity index (χ0) is 18.5. The van der Waals surface area contributed by atoms with Gasteiger partial charge in [-0.25, -0.2) is 0 Å². The van der Waals surface area contributed by atoms with E-state index in [2.05, 4.69) is 15.5 Å². The second-order valence-electron chi connectivity index (χ2n) is 6.37. The van der Waals surface area contributed by atoms with Crippen LogP contribution in [0.2, 0.25) is 0 Å². The lowest BCUT2D eigenvalue weighted by Crippen LogP contribution is -2.35. The van der Waals surface area contributed by atoms with Crippen molar-refractivity contribution in [1.29, 1.82) is 0 Å². The number of carbonyl (C=O) groups excluding carboxylic acids is 2. The Morgan fingerprint density at radius 2 is 2.12 bits per heavy atom. The van der Waals surface area contributed by atoms with Gasteiger partial charge < -0.3 is 14.7 Å². The summed E-state index contributed by atoms with van der Waals surface area (Å²) in [5, 5.41) is 6.07. The van der Waals surface area contributed by atoms with E-state index in [4.69, 9.17) is 4.52 Å². The summed E-state index contributed by atoms with van der Waals surface area (Å²) in [5.74, 6) is 1.17. The molecule has 1 aliphatic rings. The molecule has 0 bridgehead atoms. The fourth-order valence-corrected chi connectivity index (χ4v) is 3.27. The van der Waals surface area contributed by atoms with E-state index in [1.165, 1.54) is 11.8 Å². The van der Waals surface area contributed by atoms with Gasteiger partial charge in [0.1, 0.15) is 5.76 Å². The molecule has 8 heteroatoms. The number of nitrogens with zero attached hydrogens (tertiary/aromatic N) is 3. The third-order valence-corrected chi connectivity index (χ3v) is 5.24. The zero-order valence-corrected chi connectivity index (χ0v) is 15.7. The third-order valence-electron chi connectivity index (χ3n) is 4.12. The quantitative estimate of drug-likeness (QED) is 0.764. The number of amides is 2. The largest absolute Gasteiger partial charge is 0.360 e. The zero-order valence-electron chi connectivity index (χ0n) is 14.8. The van der Waals surface area contributed by atoms with E-state index in [9.17, 15) is 9.59 Å². The number of nitrogens with one attached hydrogen (secondary N) is 1. The first kappa shape index (κ1) is 18.4. The molecule has 1 fully saturated rings. The molecule has 1 N–H and O–H groups in total. The second kappa shape index (κ2) is 8.35. The van der Waals surface area contributed by atoms with Gasteiger partial charge in [0.15, 0.2) is 5.82 Å². The Morgan fingerprint density at radius 1 is 1.38 bits per heavy atom. The summed E-state index contributed by atoms with van der Waals surface area (Å²) in [6.07, 6.45) is 5.56. The Labute approximate surface area is 156 Å². The minimum atomic E-state index is -0.363. The van der Waals surface area contributed by atoms with Crippen LogP contribution in [0.5, 0.6) is 0 Å². The van der Waals surface area contributed by atoms with Gasteiger partial charge in [-0.15, -0.1) is 11.8 Å². The first-order valence-corrected chi connectivity index (χ1v) is 9.62. The predicted molar refractivity (Wildman–Crippen MR) is 99.6 cm³/mol. The van der Waals surface area contributed by atoms with Crippen LogP contribution in [0.15, 0.2) is 35.1 Å². The number of aromatic nitrogens is 2. The van der Waals surface area contributed by atoms with Crippen LogP contribution in [0.4, 0.5) is 5.82 Å². The van der Waals surface area contributed by atoms with Crippen molar-refractivity contribution >= 4 is 29.4 Å². The van der Waals surface area contributed by atoms with Crippen molar-refractivity contribution < 1.29 is 14.1 Å². The highest BCUT2D eigenvalue weighted by Gasteiger charge is 2.32. The van der Waals surface area contributed by atoms with Crippen LogP contribution in [-0.4, -0.2) is 43.9 Å². The Kier molecular flexibility index (Phi) is 5.92. The van der Waals surface area contributed by atoms with Crippen molar-refractivity contribution in [3.8, 4) is 0 Å². The molecule has 26 heavy (non-hydrogen) atoms. The summed E-state index contributed by atoms with van der Waals surface area (Å²) in [6.45, 7) is 4.13. The van der Waals surface area contributed by atoms with Gasteiger partial charge in [0.25, 0.3) is 0 Å². The lowest BCUT2D eigenvalue weighted by molar-refractivity contribution is -0.129. The number of anilines is 1. The Hall–Kier alpha value is -2.35. The highest BCUT2D eigenvalue weighted by molar-refractivity contribution is 8.01. The predicted octanol–water partition coefficient (Wildman–Crippen LogP) is 2.63. The monoisotopic (exact) mass is 374 g/mol. The number of hydrogen-bond acceptors (Lipinski definition) is 6. The van der Waals surface area contributed by atoms with Gasteiger partial charge in [0.2, 0.25) is 11.8 Å². The number of rotatable bonds is 8. The fraction of sp³-hybridized carbons (Fsp3) is 0.444. The molecular formula is C18H22N4O3S. The van der Waals surface area contributed by atoms with Gasteiger partial charge in [0, 0.05) is 31.0 Å². The average molecular weight is 374 g/mol. The summed E-state index contributed by atoms with van der Waals surface area (Å²) in [6, 6.07) is 5.82. The summed E-state index contributed by atoms with van der Waals surface area (Å²) in [4.78, 5) is 30.8. The number of hydrogen-bond donors (Lipinski definition) is 1. The van der Waals surface area contributed by atoms with Gasteiger partial charge in [-0.2, -0.15) is 0 Å². The molecule has 0 unspecified atom stereocenters. The smallest absolute Gasteiger partial charge is 0.238 e. The van der Waals surface area contributed by atoms with E-state index in [0.717, 1.165) is 18.4 Å². The van der Waals surface area contributed by atoms with Gasteiger partial charge >= 0.3 is 0 Å². The minimum absolute atomic E-state index is 0.0613. The first-order valence-electron chi connectivity index (χ1n) is 8.57. The van der Waals surface area contributed by atoms with Gasteiger partial charge in [-0.3, -0.25) is 14.6 Å². The molecule has 0 radical (unpaired) electrons. The van der Waals surface area contributed by atoms with Gasteiger partial charge in [0.05, 0.1) is 11.0 Å². The van der Waals surface area contributed by atoms with Crippen molar-refractivity contribution in [2.75, 3.05) is 11.1 Å². The fourth-order valence-electron chi connectivity index (χ4n) is 2.50. The third kappa shape index (κ3) is 5.08. The summed E-state index contributed by atoms with van der Waals surface area (Å²) in [5.41, 5.74) is 1.07. The van der Waals surface area contributed by atoms with Crippen molar-refractivity contribution in [2.24, 2.45) is 0 Å². The van der Waals surface area contributed by atoms with E-state index in [-0.39, 0.29) is 22.8 Å². The minimum Gasteiger partial charge on any atom is -0.360 e. The van der Waals surface area contributed by atoms with Crippen molar-refractivity contribution in [1.82, 2.24) is 15.0 Å². The molecule has 0 saturated heterocycles. The number of thioether (sulfide) groups is 1. The molecule has 2 heterocycles. The van der Waals surface area contributed by atoms with E-state index >= 15 is 0 Å². The van der Waals surface area contributed by atoms with E-state index in [1.54, 1.807) is 32.3 Å². The van der Waals surface area contributed by atoms with Crippen LogP contribution in [0.25, 0.3) is 0 Å². The molecule has 1 saturated carbocycles. The van der Waals surface area contributed by atoms with Crippen LogP contribution >= 0.6 is 11.8 Å². The topological polar surface area (TPSA) is 88.3 Å². The molecule has 138 valence electrons. The number of aryl methyl sites for hydroxylation is 1. The first-order chi connectivity index (χ1) is 12.5. The standard InChI is InChI=1S/C18H22N4O3S/c1-12-9-16(21-25-12)20-18(24)13(2)26-11-17(23)22(15-3-4-15)10-14-5-7-19-8-6-14/h5-9,13,15H,3-4,10-11H2,1-2H3,(H,20,21,24)/t13-/m0/s1. The maximum absolute atomic E-state index is 12.6. The molecule has 1 aliphatic carbocycles. The molecular weight excluding hydrogens is 352 g/mol. The van der Waals surface area contributed by atoms with Crippen LogP contribution in [0.3, 0.4) is 0 Å². The van der Waals surface area contributed by atoms with Crippen molar-refractivity contribution in [3.63, 3.8) is 0 Å².